The standard InChI is InChI=1S/C12H21BrN2O4S/c1-4-18-7-10(8(2)3)15-20(16,17)11-5-9(6-14)19-12(11)13/h5,8,10,15H,4,6-7,14H2,1-3H3. The molecule has 0 aliphatic rings. The number of nitrogens with one attached hydrogen (secondary N) is 1. The lowest BCUT2D eigenvalue weighted by Gasteiger charge is -2.21. The summed E-state index contributed by atoms with van der Waals surface area (Å²) < 4.78 is 38.0. The van der Waals surface area contributed by atoms with Gasteiger partial charge in [0.25, 0.3) is 0 Å². The second-order valence-corrected chi connectivity index (χ2v) is 7.09. The molecule has 1 aromatic rings. The summed E-state index contributed by atoms with van der Waals surface area (Å²) in [5.41, 5.74) is 5.44. The smallest absolute Gasteiger partial charge is 0.245 e. The van der Waals surface area contributed by atoms with Gasteiger partial charge in [0.2, 0.25) is 10.0 Å². The summed E-state index contributed by atoms with van der Waals surface area (Å²) in [4.78, 5) is 0.0556. The van der Waals surface area contributed by atoms with Gasteiger partial charge in [0.1, 0.15) is 10.7 Å². The summed E-state index contributed by atoms with van der Waals surface area (Å²) in [5.74, 6) is 0.513. The van der Waals surface area contributed by atoms with Crippen LogP contribution in [0.5, 0.6) is 0 Å². The van der Waals surface area contributed by atoms with Gasteiger partial charge in [0.15, 0.2) is 4.67 Å². The molecule has 0 fully saturated rings. The first-order valence-electron chi connectivity index (χ1n) is 6.40. The molecular formula is C12H21BrN2O4S. The number of hydrogen-bond donors (Lipinski definition) is 2. The third-order valence-corrected chi connectivity index (χ3v) is 5.16. The van der Waals surface area contributed by atoms with Crippen LogP contribution in [0, 0.1) is 5.92 Å². The molecule has 20 heavy (non-hydrogen) atoms. The summed E-state index contributed by atoms with van der Waals surface area (Å²) in [6.45, 7) is 6.74. The molecule has 1 aromatic heterocycles. The lowest BCUT2D eigenvalue weighted by molar-refractivity contribution is 0.116. The lowest BCUT2D eigenvalue weighted by atomic mass is 10.1. The van der Waals surface area contributed by atoms with Crippen molar-refractivity contribution in [2.45, 2.75) is 38.3 Å². The van der Waals surface area contributed by atoms with Gasteiger partial charge in [-0.3, -0.25) is 0 Å². The number of halogens is 1. The molecule has 8 heteroatoms. The number of hydrogen-bond acceptors (Lipinski definition) is 5. The van der Waals surface area contributed by atoms with Crippen molar-refractivity contribution in [2.24, 2.45) is 11.7 Å². The molecular weight excluding hydrogens is 348 g/mol. The van der Waals surface area contributed by atoms with Crippen LogP contribution in [0.4, 0.5) is 0 Å². The van der Waals surface area contributed by atoms with Crippen molar-refractivity contribution in [2.75, 3.05) is 13.2 Å². The number of furan rings is 1. The zero-order chi connectivity index (χ0) is 15.3. The zero-order valence-electron chi connectivity index (χ0n) is 11.8. The van der Waals surface area contributed by atoms with Crippen LogP contribution < -0.4 is 10.5 Å². The third kappa shape index (κ3) is 4.56. The predicted octanol–water partition coefficient (Wildman–Crippen LogP) is 1.84. The molecule has 1 heterocycles. The van der Waals surface area contributed by atoms with Gasteiger partial charge < -0.3 is 14.9 Å². The quantitative estimate of drug-likeness (QED) is 0.729. The molecule has 1 unspecified atom stereocenters. The van der Waals surface area contributed by atoms with E-state index in [-0.39, 0.29) is 28.1 Å². The van der Waals surface area contributed by atoms with Crippen molar-refractivity contribution in [3.8, 4) is 0 Å². The van der Waals surface area contributed by atoms with Crippen molar-refractivity contribution in [3.05, 3.63) is 16.5 Å². The van der Waals surface area contributed by atoms with E-state index in [2.05, 4.69) is 20.7 Å². The molecule has 116 valence electrons. The molecule has 1 rings (SSSR count). The highest BCUT2D eigenvalue weighted by molar-refractivity contribution is 9.10. The van der Waals surface area contributed by atoms with E-state index in [0.29, 0.717) is 19.0 Å². The van der Waals surface area contributed by atoms with E-state index >= 15 is 0 Å². The molecule has 0 radical (unpaired) electrons. The number of ether oxygens (including phenoxy) is 1. The second kappa shape index (κ2) is 7.56. The Bertz CT molecular complexity index is 528. The molecule has 0 aromatic carbocycles. The minimum atomic E-state index is -3.68. The molecule has 0 spiro atoms. The van der Waals surface area contributed by atoms with Gasteiger partial charge >= 0.3 is 0 Å². The van der Waals surface area contributed by atoms with Crippen LogP contribution in [0.1, 0.15) is 26.5 Å². The van der Waals surface area contributed by atoms with Crippen LogP contribution in [0.25, 0.3) is 0 Å². The monoisotopic (exact) mass is 368 g/mol. The average molecular weight is 369 g/mol. The van der Waals surface area contributed by atoms with Crippen molar-refractivity contribution < 1.29 is 17.6 Å². The Morgan fingerprint density at radius 3 is 2.60 bits per heavy atom. The lowest BCUT2D eigenvalue weighted by Crippen LogP contribution is -2.41. The molecule has 0 saturated carbocycles. The zero-order valence-corrected chi connectivity index (χ0v) is 14.3. The Morgan fingerprint density at radius 2 is 2.15 bits per heavy atom. The van der Waals surface area contributed by atoms with Gasteiger partial charge in [0, 0.05) is 18.7 Å². The van der Waals surface area contributed by atoms with E-state index in [4.69, 9.17) is 14.9 Å². The summed E-state index contributed by atoms with van der Waals surface area (Å²) in [6, 6.07) is 1.12. The van der Waals surface area contributed by atoms with Crippen LogP contribution in [0.15, 0.2) is 20.0 Å². The number of rotatable bonds is 8. The molecule has 0 aliphatic heterocycles. The summed E-state index contributed by atoms with van der Waals surface area (Å²) in [5, 5.41) is 0. The van der Waals surface area contributed by atoms with E-state index in [1.807, 2.05) is 20.8 Å². The fraction of sp³-hybridized carbons (Fsp3) is 0.667. The fourth-order valence-corrected chi connectivity index (χ4v) is 3.92. The van der Waals surface area contributed by atoms with Gasteiger partial charge in [-0.2, -0.15) is 0 Å². The van der Waals surface area contributed by atoms with Crippen molar-refractivity contribution >= 4 is 26.0 Å². The first kappa shape index (κ1) is 17.6. The van der Waals surface area contributed by atoms with Gasteiger partial charge in [0.05, 0.1) is 13.2 Å². The van der Waals surface area contributed by atoms with E-state index in [0.717, 1.165) is 0 Å². The van der Waals surface area contributed by atoms with E-state index in [1.54, 1.807) is 0 Å². The molecule has 0 aliphatic carbocycles. The summed E-state index contributed by atoms with van der Waals surface area (Å²) in [6.07, 6.45) is 0. The van der Waals surface area contributed by atoms with Crippen LogP contribution in [-0.4, -0.2) is 27.7 Å². The molecule has 1 atom stereocenters. The average Bonchev–Trinajstić information content (AvgIpc) is 2.76. The molecule has 0 bridgehead atoms. The highest BCUT2D eigenvalue weighted by atomic mass is 79.9. The van der Waals surface area contributed by atoms with Crippen LogP contribution in [0.3, 0.4) is 0 Å². The predicted molar refractivity (Wildman–Crippen MR) is 79.7 cm³/mol. The molecule has 3 N–H and O–H groups in total. The first-order chi connectivity index (χ1) is 9.31. The van der Waals surface area contributed by atoms with Gasteiger partial charge in [-0.15, -0.1) is 0 Å². The maximum absolute atomic E-state index is 12.4. The minimum absolute atomic E-state index is 0.0556. The highest BCUT2D eigenvalue weighted by Crippen LogP contribution is 2.26. The highest BCUT2D eigenvalue weighted by Gasteiger charge is 2.27. The van der Waals surface area contributed by atoms with Crippen molar-refractivity contribution in [1.82, 2.24) is 4.72 Å². The summed E-state index contributed by atoms with van der Waals surface area (Å²) in [7, 11) is -3.68. The largest absolute Gasteiger partial charge is 0.452 e. The maximum atomic E-state index is 12.4. The van der Waals surface area contributed by atoms with Crippen LogP contribution >= 0.6 is 15.9 Å². The molecule has 0 saturated heterocycles. The van der Waals surface area contributed by atoms with Gasteiger partial charge in [-0.25, -0.2) is 13.1 Å². The number of sulfonamides is 1. The summed E-state index contributed by atoms with van der Waals surface area (Å²) >= 11 is 3.10. The van der Waals surface area contributed by atoms with Crippen molar-refractivity contribution in [3.63, 3.8) is 0 Å². The van der Waals surface area contributed by atoms with Crippen LogP contribution in [-0.2, 0) is 21.3 Å². The van der Waals surface area contributed by atoms with E-state index < -0.39 is 10.0 Å². The Hall–Kier alpha value is -0.410. The maximum Gasteiger partial charge on any atom is 0.245 e. The van der Waals surface area contributed by atoms with Crippen LogP contribution in [0.2, 0.25) is 0 Å². The second-order valence-electron chi connectivity index (χ2n) is 4.69. The van der Waals surface area contributed by atoms with Crippen molar-refractivity contribution in [1.29, 1.82) is 0 Å². The van der Waals surface area contributed by atoms with Gasteiger partial charge in [-0.1, -0.05) is 13.8 Å². The fourth-order valence-electron chi connectivity index (χ4n) is 1.55. The number of nitrogens with two attached hydrogens (primary N) is 1. The topological polar surface area (TPSA) is 94.6 Å². The Morgan fingerprint density at radius 1 is 1.50 bits per heavy atom. The van der Waals surface area contributed by atoms with Gasteiger partial charge in [-0.05, 0) is 28.8 Å². The normalized spacial score (nSPS) is 13.9. The first-order valence-corrected chi connectivity index (χ1v) is 8.67. The Labute approximate surface area is 128 Å². The minimum Gasteiger partial charge on any atom is -0.452 e. The van der Waals surface area contributed by atoms with E-state index in [9.17, 15) is 8.42 Å². The third-order valence-electron chi connectivity index (χ3n) is 2.81. The SMILES string of the molecule is CCOCC(NS(=O)(=O)c1cc(CN)oc1Br)C(C)C. The Kier molecular flexibility index (Phi) is 6.67. The molecule has 6 nitrogen and oxygen atoms in total. The Balaban J connectivity index is 2.94. The molecule has 0 amide bonds. The van der Waals surface area contributed by atoms with E-state index in [1.165, 1.54) is 6.07 Å².